The summed E-state index contributed by atoms with van der Waals surface area (Å²) in [5, 5.41) is 93.9. The Hall–Kier alpha value is -11.2. The minimum Gasteiger partial charge on any atom is -0.497 e. The molecule has 0 saturated heterocycles. The highest BCUT2D eigenvalue weighted by Gasteiger charge is 2.18. The zero-order valence-corrected chi connectivity index (χ0v) is 70.7. The Bertz CT molecular complexity index is 4750. The van der Waals surface area contributed by atoms with Crippen LogP contribution >= 0.6 is 0 Å². The maximum absolute atomic E-state index is 9.51. The molecule has 0 amide bonds. The van der Waals surface area contributed by atoms with E-state index in [1.165, 1.54) is 6.07 Å². The molecule has 0 unspecified atom stereocenters. The molecule has 0 saturated carbocycles. The Kier molecular flexibility index (Phi) is 44.0. The average molecular weight is 1630 g/mol. The molecule has 120 heavy (non-hydrogen) atoms. The van der Waals surface area contributed by atoms with Gasteiger partial charge in [0.15, 0.2) is 0 Å². The first-order chi connectivity index (χ1) is 57.8. The molecule has 0 bridgehead atoms. The number of ether oxygens (including phenoxy) is 9. The summed E-state index contributed by atoms with van der Waals surface area (Å²) in [4.78, 5) is 0. The highest BCUT2D eigenvalue weighted by Crippen LogP contribution is 2.25. The number of hydrogen-bond acceptors (Lipinski definition) is 20. The van der Waals surface area contributed by atoms with Crippen LogP contribution in [-0.4, -0.2) is 145 Å². The van der Waals surface area contributed by atoms with E-state index in [1.54, 1.807) is 67.8 Å². The minimum atomic E-state index is -1.53. The summed E-state index contributed by atoms with van der Waals surface area (Å²) in [6.45, 7) is 23.9. The maximum atomic E-state index is 9.51. The molecule has 0 spiro atoms. The Balaban J connectivity index is 0.000000233. The van der Waals surface area contributed by atoms with E-state index in [4.69, 9.17) is 48.4 Å². The average Bonchev–Trinajstić information content (AvgIpc) is 0.859. The molecule has 0 fully saturated rings. The van der Waals surface area contributed by atoms with Crippen molar-refractivity contribution in [1.82, 2.24) is 0 Å². The molecule has 10 rings (SSSR count). The van der Waals surface area contributed by atoms with Gasteiger partial charge in [-0.05, 0) is 272 Å². The van der Waals surface area contributed by atoms with Gasteiger partial charge in [-0.2, -0.15) is 0 Å². The van der Waals surface area contributed by atoms with Crippen LogP contribution in [0.15, 0.2) is 212 Å². The van der Waals surface area contributed by atoms with Crippen molar-refractivity contribution in [2.24, 2.45) is 0 Å². The van der Waals surface area contributed by atoms with E-state index in [1.807, 2.05) is 255 Å². The molecule has 0 aliphatic heterocycles. The highest BCUT2D eigenvalue weighted by molar-refractivity contribution is 6.60. The second-order valence-corrected chi connectivity index (χ2v) is 28.2. The maximum Gasteiger partial charge on any atom is 0.488 e. The van der Waals surface area contributed by atoms with Crippen molar-refractivity contribution in [3.63, 3.8) is 0 Å². The number of nitrogens with two attached hydrogens (primary N) is 1. The lowest BCUT2D eigenvalue weighted by Gasteiger charge is -2.12. The van der Waals surface area contributed by atoms with Crippen molar-refractivity contribution in [2.45, 2.75) is 120 Å². The zero-order valence-electron chi connectivity index (χ0n) is 70.7. The van der Waals surface area contributed by atoms with Gasteiger partial charge in [0.05, 0.1) is 59.0 Å². The van der Waals surface area contributed by atoms with Crippen LogP contribution in [0.5, 0.6) is 51.7 Å². The van der Waals surface area contributed by atoms with Crippen molar-refractivity contribution < 1.29 is 92.9 Å². The molecule has 630 valence electrons. The quantitative estimate of drug-likeness (QED) is 0.00741. The Morgan fingerprint density at radius 2 is 0.500 bits per heavy atom. The third kappa shape index (κ3) is 37.8. The van der Waals surface area contributed by atoms with Crippen LogP contribution in [0.1, 0.15) is 163 Å². The summed E-state index contributed by atoms with van der Waals surface area (Å²) in [7, 11) is -5.99. The molecule has 0 aliphatic rings. The van der Waals surface area contributed by atoms with Crippen molar-refractivity contribution in [2.75, 3.05) is 52.5 Å². The van der Waals surface area contributed by atoms with Crippen LogP contribution in [0.4, 0.5) is 5.69 Å². The summed E-state index contributed by atoms with van der Waals surface area (Å²) in [6, 6.07) is 65.0. The largest absolute Gasteiger partial charge is 0.497 e. The smallest absolute Gasteiger partial charge is 0.488 e. The van der Waals surface area contributed by atoms with Gasteiger partial charge >= 0.3 is 35.6 Å². The van der Waals surface area contributed by atoms with Crippen LogP contribution in [0.25, 0.3) is 60.8 Å². The molecule has 10 aromatic rings. The van der Waals surface area contributed by atoms with Crippen molar-refractivity contribution in [3.05, 3.63) is 268 Å². The predicted octanol–water partition coefficient (Wildman–Crippen LogP) is 13.6. The van der Waals surface area contributed by atoms with E-state index in [2.05, 4.69) is 20.8 Å². The summed E-state index contributed by atoms with van der Waals surface area (Å²) < 4.78 is 49.9. The zero-order chi connectivity index (χ0) is 87.1. The van der Waals surface area contributed by atoms with Gasteiger partial charge in [0, 0.05) is 5.69 Å². The van der Waals surface area contributed by atoms with Crippen molar-refractivity contribution in [1.29, 1.82) is 0 Å². The van der Waals surface area contributed by atoms with E-state index in [0.717, 1.165) is 130 Å². The number of benzene rings is 10. The molecule has 12 N–H and O–H groups in total. The molecular formula is C95H116B5NO19. The second-order valence-electron chi connectivity index (χ2n) is 28.2. The number of unbranched alkanes of at least 4 members (excludes halogenated alkanes) is 2. The Labute approximate surface area is 710 Å². The van der Waals surface area contributed by atoms with Crippen LogP contribution in [0.2, 0.25) is 0 Å². The number of nitrogen functional groups attached to an aromatic ring is 1. The van der Waals surface area contributed by atoms with Gasteiger partial charge in [-0.1, -0.05) is 192 Å². The first-order valence-electron chi connectivity index (χ1n) is 40.6. The topological polar surface area (TPSA) is 311 Å². The fourth-order valence-corrected chi connectivity index (χ4v) is 11.2. The van der Waals surface area contributed by atoms with Gasteiger partial charge in [0.2, 0.25) is 0 Å². The van der Waals surface area contributed by atoms with E-state index >= 15 is 0 Å². The van der Waals surface area contributed by atoms with Crippen molar-refractivity contribution in [3.8, 4) is 51.7 Å². The Morgan fingerprint density at radius 3 is 0.808 bits per heavy atom. The molecule has 0 atom stereocenters. The fraction of sp³-hybridized carbons (Fsp3) is 0.263. The summed E-state index contributed by atoms with van der Waals surface area (Å²) >= 11 is 0. The van der Waals surface area contributed by atoms with Gasteiger partial charge in [0.1, 0.15) is 51.7 Å². The second kappa shape index (κ2) is 54.1. The normalized spacial score (nSPS) is 11.0. The molecule has 0 heterocycles. The first kappa shape index (κ1) is 97.7. The Morgan fingerprint density at radius 1 is 0.258 bits per heavy atom. The van der Waals surface area contributed by atoms with Crippen LogP contribution in [0.3, 0.4) is 0 Å². The standard InChI is InChI=1S/C22H29BO4.2C20H25BO4.C18H21BO4.C15H16BNO3/c1-3-5-13-26-21-11-9-18(10-12-21)7-8-19-15-20(23(24)25)17-22(16-19)27-14-6-4-2;1-14(2)24-19-9-7-16(8-10-19)5-6-17-11-18(21(22)23)13-20(12-17)25-15(3)4;1-3-11-24-19-9-7-16(8-10-19)5-6-17-13-18(21(22)23)15-20(14-17)25-12-4-2;1-3-22-17-9-7-14(8-10-17)5-6-15-11-16(19(20)21)13-18(12-15)23-4-2;1-20-15-6-4-11(5-7-15)2-3-12-8-13(16(18)19)10-14(17)9-12/h7-12,15-17,24-25H,3-6,13-14H2,1-2H3;5-15,22-23H,1-4H3;5-10,13-15,22-23H,3-4,11-12H2,1-2H3;5-13,20-21H,3-4H2,1-2H3;2-10,18-19H,17H2,1H3/b8-7+;3*6-5+;3-2+. The van der Waals surface area contributed by atoms with Crippen LogP contribution in [-0.2, 0) is 0 Å². The lowest BCUT2D eigenvalue weighted by atomic mass is 9.79. The molecular weight excluding hydrogens is 1510 g/mol. The van der Waals surface area contributed by atoms with E-state index in [9.17, 15) is 50.2 Å². The third-order valence-corrected chi connectivity index (χ3v) is 17.1. The van der Waals surface area contributed by atoms with Gasteiger partial charge < -0.3 is 98.6 Å². The van der Waals surface area contributed by atoms with Gasteiger partial charge in [-0.3, -0.25) is 0 Å². The fourth-order valence-electron chi connectivity index (χ4n) is 11.2. The van der Waals surface area contributed by atoms with Gasteiger partial charge in [0.25, 0.3) is 0 Å². The molecule has 0 aliphatic carbocycles. The van der Waals surface area contributed by atoms with Crippen LogP contribution in [0, 0.1) is 0 Å². The summed E-state index contributed by atoms with van der Waals surface area (Å²) in [5.74, 6) is 6.72. The summed E-state index contributed by atoms with van der Waals surface area (Å²) in [6.07, 6.45) is 25.5. The molecule has 20 nitrogen and oxygen atoms in total. The SMILES string of the molecule is CC(C)Oc1ccc(/C=C/c2cc(OC(C)C)cc(B(O)O)c2)cc1.CCCCOc1ccc(/C=C/c2cc(OCCCC)cc(B(O)O)c2)cc1.CCCOc1ccc(/C=C/c2cc(OCCC)cc(B(O)O)c2)cc1.CCOc1ccc(/C=C/c2cc(OCC)cc(B(O)O)c2)cc1.COc1ccc(/C=C/c2cc(N)cc(B(O)O)c2)cc1. The molecule has 0 radical (unpaired) electrons. The van der Waals surface area contributed by atoms with E-state index in [-0.39, 0.29) is 12.2 Å². The molecule has 25 heteroatoms. The number of methoxy groups -OCH3 is 1. The van der Waals surface area contributed by atoms with E-state index < -0.39 is 35.6 Å². The van der Waals surface area contributed by atoms with Gasteiger partial charge in [-0.15, -0.1) is 0 Å². The number of hydrogen-bond donors (Lipinski definition) is 11. The molecule has 0 aromatic heterocycles. The van der Waals surface area contributed by atoms with Crippen molar-refractivity contribution >= 4 is 129 Å². The number of rotatable bonds is 38. The van der Waals surface area contributed by atoms with E-state index in [0.29, 0.717) is 89.0 Å². The third-order valence-electron chi connectivity index (χ3n) is 17.1. The highest BCUT2D eigenvalue weighted by atomic mass is 16.5. The predicted molar refractivity (Wildman–Crippen MR) is 495 cm³/mol. The number of anilines is 1. The minimum absolute atomic E-state index is 0.0106. The lowest BCUT2D eigenvalue weighted by molar-refractivity contribution is 0.242. The van der Waals surface area contributed by atoms with Gasteiger partial charge in [-0.25, -0.2) is 0 Å². The monoisotopic (exact) mass is 1630 g/mol. The van der Waals surface area contributed by atoms with Crippen LogP contribution < -0.4 is 75.7 Å². The first-order valence-corrected chi connectivity index (χ1v) is 40.6. The summed E-state index contributed by atoms with van der Waals surface area (Å²) in [5.41, 5.74) is 17.6. The lowest BCUT2D eigenvalue weighted by Crippen LogP contribution is -2.30. The molecule has 10 aromatic carbocycles.